The Morgan fingerprint density at radius 1 is 1.10 bits per heavy atom. The van der Waals surface area contributed by atoms with Crippen LogP contribution in [-0.4, -0.2) is 30.9 Å². The molecule has 0 atom stereocenters. The molecule has 1 amide bonds. The van der Waals surface area contributed by atoms with Crippen molar-refractivity contribution in [3.05, 3.63) is 82.6 Å². The monoisotopic (exact) mass is 386 g/mol. The molecule has 3 aromatic heterocycles. The molecule has 1 N–H and O–H groups in total. The summed E-state index contributed by atoms with van der Waals surface area (Å²) in [6, 6.07) is 10.2. The second-order valence-electron chi connectivity index (χ2n) is 7.22. The molecule has 0 saturated heterocycles. The molecule has 0 fully saturated rings. The van der Waals surface area contributed by atoms with Gasteiger partial charge in [-0.3, -0.25) is 14.8 Å². The lowest BCUT2D eigenvalue weighted by molar-refractivity contribution is 0.0945. The van der Waals surface area contributed by atoms with E-state index in [-0.39, 0.29) is 11.6 Å². The Labute approximate surface area is 168 Å². The summed E-state index contributed by atoms with van der Waals surface area (Å²) in [5, 5.41) is 12.1. The zero-order valence-electron chi connectivity index (χ0n) is 16.7. The minimum Gasteiger partial charge on any atom is -0.346 e. The zero-order chi connectivity index (χ0) is 20.4. The summed E-state index contributed by atoms with van der Waals surface area (Å²) in [7, 11) is 0. The SMILES string of the molecule is Cc1ccc2cc(Cn3cc(C(=O)NCc4c(C)ccnc4C)nn3)cnc2c1. The van der Waals surface area contributed by atoms with Crippen LogP contribution in [0.25, 0.3) is 10.9 Å². The average Bonchev–Trinajstić information content (AvgIpc) is 3.16. The van der Waals surface area contributed by atoms with Crippen LogP contribution < -0.4 is 5.32 Å². The van der Waals surface area contributed by atoms with Crippen molar-refractivity contribution < 1.29 is 4.79 Å². The van der Waals surface area contributed by atoms with Crippen LogP contribution in [0.4, 0.5) is 0 Å². The molecule has 146 valence electrons. The van der Waals surface area contributed by atoms with Crippen LogP contribution in [0.5, 0.6) is 0 Å². The van der Waals surface area contributed by atoms with Crippen LogP contribution in [0.3, 0.4) is 0 Å². The van der Waals surface area contributed by atoms with Crippen LogP contribution in [0.2, 0.25) is 0 Å². The molecule has 0 radical (unpaired) electrons. The minimum atomic E-state index is -0.258. The first-order valence-corrected chi connectivity index (χ1v) is 9.44. The second-order valence-corrected chi connectivity index (χ2v) is 7.22. The number of aryl methyl sites for hydroxylation is 3. The topological polar surface area (TPSA) is 85.6 Å². The van der Waals surface area contributed by atoms with Crippen LogP contribution in [0.1, 0.15) is 38.4 Å². The third kappa shape index (κ3) is 4.13. The van der Waals surface area contributed by atoms with Gasteiger partial charge in [-0.25, -0.2) is 4.68 Å². The molecule has 1 aromatic carbocycles. The minimum absolute atomic E-state index is 0.258. The smallest absolute Gasteiger partial charge is 0.273 e. The number of nitrogens with zero attached hydrogens (tertiary/aromatic N) is 5. The number of rotatable bonds is 5. The molecule has 0 aliphatic heterocycles. The van der Waals surface area contributed by atoms with E-state index in [1.54, 1.807) is 17.1 Å². The molecule has 0 bridgehead atoms. The Morgan fingerprint density at radius 2 is 1.97 bits per heavy atom. The van der Waals surface area contributed by atoms with Gasteiger partial charge >= 0.3 is 0 Å². The fourth-order valence-corrected chi connectivity index (χ4v) is 3.28. The van der Waals surface area contributed by atoms with E-state index in [0.717, 1.165) is 33.3 Å². The molecular weight excluding hydrogens is 364 g/mol. The van der Waals surface area contributed by atoms with Gasteiger partial charge < -0.3 is 5.32 Å². The molecule has 0 aliphatic carbocycles. The lowest BCUT2D eigenvalue weighted by Crippen LogP contribution is -2.24. The number of amides is 1. The Kier molecular flexibility index (Phi) is 5.03. The highest BCUT2D eigenvalue weighted by molar-refractivity contribution is 5.91. The summed E-state index contributed by atoms with van der Waals surface area (Å²) in [6.07, 6.45) is 5.25. The highest BCUT2D eigenvalue weighted by atomic mass is 16.2. The van der Waals surface area contributed by atoms with Gasteiger partial charge in [-0.1, -0.05) is 17.3 Å². The van der Waals surface area contributed by atoms with Gasteiger partial charge in [-0.2, -0.15) is 0 Å². The Balaban J connectivity index is 1.44. The fraction of sp³-hybridized carbons (Fsp3) is 0.227. The first-order valence-electron chi connectivity index (χ1n) is 9.44. The third-order valence-electron chi connectivity index (χ3n) is 4.94. The summed E-state index contributed by atoms with van der Waals surface area (Å²) in [5.74, 6) is -0.258. The van der Waals surface area contributed by atoms with Crippen LogP contribution in [0, 0.1) is 20.8 Å². The summed E-state index contributed by atoms with van der Waals surface area (Å²) in [4.78, 5) is 21.2. The summed E-state index contributed by atoms with van der Waals surface area (Å²) in [6.45, 7) is 6.89. The highest BCUT2D eigenvalue weighted by Crippen LogP contribution is 2.16. The molecule has 0 saturated carbocycles. The average molecular weight is 386 g/mol. The number of pyridine rings is 2. The van der Waals surface area contributed by atoms with E-state index >= 15 is 0 Å². The van der Waals surface area contributed by atoms with Crippen molar-refractivity contribution in [3.63, 3.8) is 0 Å². The van der Waals surface area contributed by atoms with Gasteiger partial charge in [0.1, 0.15) is 0 Å². The summed E-state index contributed by atoms with van der Waals surface area (Å²) < 4.78 is 1.65. The van der Waals surface area contributed by atoms with Gasteiger partial charge in [0.15, 0.2) is 5.69 Å². The number of carbonyl (C=O) groups excluding carboxylic acids is 1. The Bertz CT molecular complexity index is 1180. The molecular formula is C22H22N6O. The number of aromatic nitrogens is 5. The molecule has 7 nitrogen and oxygen atoms in total. The maximum Gasteiger partial charge on any atom is 0.273 e. The molecule has 0 spiro atoms. The zero-order valence-corrected chi connectivity index (χ0v) is 16.7. The van der Waals surface area contributed by atoms with Crippen molar-refractivity contribution in [3.8, 4) is 0 Å². The van der Waals surface area contributed by atoms with E-state index < -0.39 is 0 Å². The maximum absolute atomic E-state index is 12.5. The van der Waals surface area contributed by atoms with Crippen molar-refractivity contribution in [1.29, 1.82) is 0 Å². The van der Waals surface area contributed by atoms with E-state index in [2.05, 4.69) is 49.9 Å². The summed E-state index contributed by atoms with van der Waals surface area (Å²) in [5.41, 5.74) is 6.46. The number of hydrogen-bond acceptors (Lipinski definition) is 5. The van der Waals surface area contributed by atoms with Crippen molar-refractivity contribution in [2.45, 2.75) is 33.9 Å². The van der Waals surface area contributed by atoms with Crippen molar-refractivity contribution in [2.24, 2.45) is 0 Å². The standard InChI is InChI=1S/C22H22N6O/c1-14-4-5-18-9-17(10-24-20(18)8-14)12-28-13-21(26-27-28)22(29)25-11-19-15(2)6-7-23-16(19)3/h4-10,13H,11-12H2,1-3H3,(H,25,29). The normalized spacial score (nSPS) is 11.0. The van der Waals surface area contributed by atoms with Crippen LogP contribution >= 0.6 is 0 Å². The quantitative estimate of drug-likeness (QED) is 0.570. The van der Waals surface area contributed by atoms with E-state index in [1.807, 2.05) is 33.0 Å². The van der Waals surface area contributed by atoms with Crippen molar-refractivity contribution in [2.75, 3.05) is 0 Å². The first-order chi connectivity index (χ1) is 14.0. The molecule has 3 heterocycles. The molecule has 0 aliphatic rings. The lowest BCUT2D eigenvalue weighted by Gasteiger charge is -2.09. The Morgan fingerprint density at radius 3 is 2.79 bits per heavy atom. The van der Waals surface area contributed by atoms with Crippen LogP contribution in [-0.2, 0) is 13.1 Å². The molecule has 4 aromatic rings. The summed E-state index contributed by atoms with van der Waals surface area (Å²) >= 11 is 0. The van der Waals surface area contributed by atoms with E-state index in [1.165, 1.54) is 5.56 Å². The van der Waals surface area contributed by atoms with Gasteiger partial charge in [0.2, 0.25) is 0 Å². The number of fused-ring (bicyclic) bond motifs is 1. The van der Waals surface area contributed by atoms with Gasteiger partial charge in [0.25, 0.3) is 5.91 Å². The maximum atomic E-state index is 12.5. The van der Waals surface area contributed by atoms with Crippen molar-refractivity contribution >= 4 is 16.8 Å². The number of hydrogen-bond donors (Lipinski definition) is 1. The van der Waals surface area contributed by atoms with Gasteiger partial charge in [0.05, 0.1) is 18.3 Å². The molecule has 29 heavy (non-hydrogen) atoms. The number of benzene rings is 1. The number of carbonyl (C=O) groups is 1. The number of nitrogens with one attached hydrogen (secondary N) is 1. The molecule has 7 heteroatoms. The van der Waals surface area contributed by atoms with Crippen molar-refractivity contribution in [1.82, 2.24) is 30.3 Å². The van der Waals surface area contributed by atoms with E-state index in [4.69, 9.17) is 0 Å². The predicted molar refractivity (Wildman–Crippen MR) is 110 cm³/mol. The largest absolute Gasteiger partial charge is 0.346 e. The Hall–Kier alpha value is -3.61. The van der Waals surface area contributed by atoms with Crippen LogP contribution in [0.15, 0.2) is 48.9 Å². The van der Waals surface area contributed by atoms with E-state index in [9.17, 15) is 4.79 Å². The van der Waals surface area contributed by atoms with Gasteiger partial charge in [-0.05, 0) is 61.2 Å². The highest BCUT2D eigenvalue weighted by Gasteiger charge is 2.12. The molecule has 0 unspecified atom stereocenters. The van der Waals surface area contributed by atoms with Gasteiger partial charge in [-0.15, -0.1) is 5.10 Å². The molecule has 4 rings (SSSR count). The predicted octanol–water partition coefficient (Wildman–Crippen LogP) is 3.12. The van der Waals surface area contributed by atoms with E-state index in [0.29, 0.717) is 13.1 Å². The second kappa shape index (κ2) is 7.79. The first kappa shape index (κ1) is 18.7. The fourth-order valence-electron chi connectivity index (χ4n) is 3.28. The third-order valence-corrected chi connectivity index (χ3v) is 4.94. The van der Waals surface area contributed by atoms with Gasteiger partial charge in [0, 0.05) is 30.0 Å². The lowest BCUT2D eigenvalue weighted by atomic mass is 10.1.